The fourth-order valence-corrected chi connectivity index (χ4v) is 4.95. The predicted molar refractivity (Wildman–Crippen MR) is 117 cm³/mol. The van der Waals surface area contributed by atoms with Crippen LogP contribution in [0.1, 0.15) is 29.8 Å². The van der Waals surface area contributed by atoms with E-state index in [1.807, 2.05) is 32.2 Å². The number of aromatic nitrogens is 3. The topological polar surface area (TPSA) is 57.2 Å². The molecule has 2 aliphatic rings. The van der Waals surface area contributed by atoms with Crippen molar-refractivity contribution in [3.8, 4) is 0 Å². The summed E-state index contributed by atoms with van der Waals surface area (Å²) in [7, 11) is 2.17. The second-order valence-corrected chi connectivity index (χ2v) is 9.09. The molecule has 7 heteroatoms. The quantitative estimate of drug-likeness (QED) is 0.713. The normalized spacial score (nSPS) is 18.9. The summed E-state index contributed by atoms with van der Waals surface area (Å²) in [5, 5.41) is 14.0. The van der Waals surface area contributed by atoms with Gasteiger partial charge in [-0.3, -0.25) is 0 Å². The van der Waals surface area contributed by atoms with Gasteiger partial charge in [0.15, 0.2) is 5.82 Å². The van der Waals surface area contributed by atoms with Crippen molar-refractivity contribution in [1.82, 2.24) is 20.1 Å². The minimum atomic E-state index is -0.237. The van der Waals surface area contributed by atoms with Crippen LogP contribution >= 0.6 is 0 Å². The summed E-state index contributed by atoms with van der Waals surface area (Å²) in [6, 6.07) is 7.33. The standard InChI is InChI=1S/C23H27FN6/c1-14-6-5-7-17(21(14)24)15(2)26-22-18-8-20(25-9-19(18)16(3)27-28-22)30-12-23(13-30)10-29(4)11-23/h5-9,15H,10-13H2,1-4H3,(H,26,28)/t15-/m1/s1. The van der Waals surface area contributed by atoms with Crippen molar-refractivity contribution in [3.63, 3.8) is 0 Å². The Kier molecular flexibility index (Phi) is 4.39. The molecule has 0 saturated carbocycles. The molecule has 0 bridgehead atoms. The van der Waals surface area contributed by atoms with Crippen molar-refractivity contribution in [3.05, 3.63) is 53.1 Å². The number of benzene rings is 1. The van der Waals surface area contributed by atoms with Gasteiger partial charge >= 0.3 is 0 Å². The molecule has 5 rings (SSSR count). The van der Waals surface area contributed by atoms with E-state index in [1.165, 1.54) is 0 Å². The predicted octanol–water partition coefficient (Wildman–Crippen LogP) is 3.71. The van der Waals surface area contributed by atoms with E-state index in [4.69, 9.17) is 4.98 Å². The lowest BCUT2D eigenvalue weighted by molar-refractivity contribution is -0.00278. The summed E-state index contributed by atoms with van der Waals surface area (Å²) in [5.41, 5.74) is 2.54. The lowest BCUT2D eigenvalue weighted by Crippen LogP contribution is -2.71. The maximum atomic E-state index is 14.6. The molecular formula is C23H27FN6. The van der Waals surface area contributed by atoms with Gasteiger partial charge in [-0.25, -0.2) is 9.37 Å². The van der Waals surface area contributed by atoms with Gasteiger partial charge in [-0.15, -0.1) is 5.10 Å². The smallest absolute Gasteiger partial charge is 0.157 e. The van der Waals surface area contributed by atoms with E-state index < -0.39 is 0 Å². The molecule has 1 spiro atoms. The molecule has 2 aliphatic heterocycles. The summed E-state index contributed by atoms with van der Waals surface area (Å²) < 4.78 is 14.6. The number of anilines is 2. The van der Waals surface area contributed by atoms with Gasteiger partial charge in [-0.05, 0) is 39.4 Å². The Balaban J connectivity index is 1.45. The van der Waals surface area contributed by atoms with E-state index in [9.17, 15) is 4.39 Å². The number of hydrogen-bond donors (Lipinski definition) is 1. The summed E-state index contributed by atoms with van der Waals surface area (Å²) in [4.78, 5) is 9.38. The van der Waals surface area contributed by atoms with E-state index in [-0.39, 0.29) is 11.9 Å². The Morgan fingerprint density at radius 3 is 2.60 bits per heavy atom. The molecule has 0 radical (unpaired) electrons. The molecule has 3 aromatic rings. The largest absolute Gasteiger partial charge is 0.361 e. The number of fused-ring (bicyclic) bond motifs is 1. The van der Waals surface area contributed by atoms with Gasteiger partial charge in [0.1, 0.15) is 11.6 Å². The van der Waals surface area contributed by atoms with Crippen LogP contribution in [0.4, 0.5) is 16.0 Å². The molecule has 0 unspecified atom stereocenters. The highest BCUT2D eigenvalue weighted by molar-refractivity contribution is 5.94. The number of rotatable bonds is 4. The van der Waals surface area contributed by atoms with Crippen LogP contribution in [0.5, 0.6) is 0 Å². The number of nitrogens with zero attached hydrogens (tertiary/aromatic N) is 5. The Morgan fingerprint density at radius 2 is 1.87 bits per heavy atom. The van der Waals surface area contributed by atoms with Crippen LogP contribution in [-0.2, 0) is 0 Å². The lowest BCUT2D eigenvalue weighted by Gasteiger charge is -2.59. The summed E-state index contributed by atoms with van der Waals surface area (Å²) in [6.45, 7) is 10.1. The first kappa shape index (κ1) is 19.2. The van der Waals surface area contributed by atoms with Gasteiger partial charge < -0.3 is 15.1 Å². The van der Waals surface area contributed by atoms with Crippen molar-refractivity contribution >= 4 is 22.4 Å². The Labute approximate surface area is 176 Å². The second kappa shape index (κ2) is 6.87. The molecule has 1 aromatic carbocycles. The SMILES string of the molecule is Cc1cccc([C@@H](C)Nc2nnc(C)c3cnc(N4CC5(CN(C)C5)C4)cc23)c1F. The van der Waals surface area contributed by atoms with Crippen LogP contribution in [-0.4, -0.2) is 53.3 Å². The van der Waals surface area contributed by atoms with E-state index in [0.29, 0.717) is 22.4 Å². The molecule has 4 heterocycles. The number of pyridine rings is 1. The summed E-state index contributed by atoms with van der Waals surface area (Å²) in [5.74, 6) is 1.44. The zero-order valence-corrected chi connectivity index (χ0v) is 17.9. The van der Waals surface area contributed by atoms with Gasteiger partial charge in [0.25, 0.3) is 0 Å². The number of hydrogen-bond acceptors (Lipinski definition) is 6. The van der Waals surface area contributed by atoms with Crippen molar-refractivity contribution in [1.29, 1.82) is 0 Å². The number of likely N-dealkylation sites (tertiary alicyclic amines) is 1. The van der Waals surface area contributed by atoms with E-state index in [1.54, 1.807) is 13.0 Å². The summed E-state index contributed by atoms with van der Waals surface area (Å²) >= 11 is 0. The molecule has 1 atom stereocenters. The average molecular weight is 407 g/mol. The molecule has 2 aromatic heterocycles. The molecule has 0 aliphatic carbocycles. The van der Waals surface area contributed by atoms with Gasteiger partial charge in [0, 0.05) is 54.1 Å². The minimum Gasteiger partial charge on any atom is -0.361 e. The van der Waals surface area contributed by atoms with Crippen LogP contribution < -0.4 is 10.2 Å². The van der Waals surface area contributed by atoms with Gasteiger partial charge in [-0.2, -0.15) is 5.10 Å². The highest BCUT2D eigenvalue weighted by atomic mass is 19.1. The number of halogens is 1. The van der Waals surface area contributed by atoms with Crippen LogP contribution in [0.25, 0.3) is 10.8 Å². The first-order valence-electron chi connectivity index (χ1n) is 10.4. The zero-order valence-electron chi connectivity index (χ0n) is 17.9. The molecule has 0 amide bonds. The molecular weight excluding hydrogens is 379 g/mol. The third-order valence-corrected chi connectivity index (χ3v) is 6.46. The van der Waals surface area contributed by atoms with Crippen LogP contribution in [0.15, 0.2) is 30.5 Å². The van der Waals surface area contributed by atoms with Crippen molar-refractivity contribution in [2.75, 3.05) is 43.4 Å². The van der Waals surface area contributed by atoms with Crippen LogP contribution in [0.2, 0.25) is 0 Å². The molecule has 156 valence electrons. The maximum absolute atomic E-state index is 14.6. The molecule has 2 saturated heterocycles. The van der Waals surface area contributed by atoms with Gasteiger partial charge in [0.2, 0.25) is 0 Å². The van der Waals surface area contributed by atoms with Crippen LogP contribution in [0.3, 0.4) is 0 Å². The van der Waals surface area contributed by atoms with E-state index >= 15 is 0 Å². The molecule has 1 N–H and O–H groups in total. The number of nitrogens with one attached hydrogen (secondary N) is 1. The second-order valence-electron chi connectivity index (χ2n) is 9.09. The fraction of sp³-hybridized carbons (Fsp3) is 0.435. The highest BCUT2D eigenvalue weighted by Crippen LogP contribution is 2.41. The Hall–Kier alpha value is -2.80. The third-order valence-electron chi connectivity index (χ3n) is 6.46. The molecule has 2 fully saturated rings. The first-order chi connectivity index (χ1) is 14.3. The number of aryl methyl sites for hydroxylation is 2. The van der Waals surface area contributed by atoms with Gasteiger partial charge in [0.05, 0.1) is 11.7 Å². The summed E-state index contributed by atoms with van der Waals surface area (Å²) in [6.07, 6.45) is 1.88. The fourth-order valence-electron chi connectivity index (χ4n) is 4.95. The minimum absolute atomic E-state index is 0.180. The van der Waals surface area contributed by atoms with E-state index in [2.05, 4.69) is 38.4 Å². The average Bonchev–Trinajstić information content (AvgIpc) is 2.67. The van der Waals surface area contributed by atoms with Crippen molar-refractivity contribution in [2.24, 2.45) is 5.41 Å². The molecule has 30 heavy (non-hydrogen) atoms. The Morgan fingerprint density at radius 1 is 1.10 bits per heavy atom. The highest BCUT2D eigenvalue weighted by Gasteiger charge is 2.50. The van der Waals surface area contributed by atoms with E-state index in [0.717, 1.165) is 48.5 Å². The Bertz CT molecular complexity index is 1120. The van der Waals surface area contributed by atoms with Gasteiger partial charge in [-0.1, -0.05) is 18.2 Å². The van der Waals surface area contributed by atoms with Crippen molar-refractivity contribution < 1.29 is 4.39 Å². The first-order valence-corrected chi connectivity index (χ1v) is 10.4. The lowest BCUT2D eigenvalue weighted by atomic mass is 9.73. The maximum Gasteiger partial charge on any atom is 0.157 e. The monoisotopic (exact) mass is 406 g/mol. The molecule has 6 nitrogen and oxygen atoms in total. The zero-order chi connectivity index (χ0) is 21.0. The van der Waals surface area contributed by atoms with Crippen LogP contribution in [0, 0.1) is 25.1 Å². The van der Waals surface area contributed by atoms with Crippen molar-refractivity contribution in [2.45, 2.75) is 26.8 Å². The third kappa shape index (κ3) is 3.08.